The fraction of sp³-hybridized carbons (Fsp3) is 0.923. The zero-order valence-corrected chi connectivity index (χ0v) is 10.8. The van der Waals surface area contributed by atoms with Gasteiger partial charge in [0.1, 0.15) is 0 Å². The lowest BCUT2D eigenvalue weighted by Gasteiger charge is -2.30. The fourth-order valence-electron chi connectivity index (χ4n) is 2.82. The second kappa shape index (κ2) is 5.71. The number of rotatable bonds is 4. The van der Waals surface area contributed by atoms with Crippen LogP contribution in [0.25, 0.3) is 0 Å². The largest absolute Gasteiger partial charge is 0.335 e. The summed E-state index contributed by atoms with van der Waals surface area (Å²) in [4.78, 5) is 13.9. The van der Waals surface area contributed by atoms with Crippen LogP contribution >= 0.6 is 0 Å². The minimum absolute atomic E-state index is 0.0687. The molecule has 0 aromatic rings. The van der Waals surface area contributed by atoms with E-state index in [0.717, 1.165) is 12.8 Å². The summed E-state index contributed by atoms with van der Waals surface area (Å²) in [6, 6.07) is 0.689. The van der Waals surface area contributed by atoms with Crippen LogP contribution in [0.3, 0.4) is 0 Å². The maximum atomic E-state index is 12.1. The van der Waals surface area contributed by atoms with Gasteiger partial charge in [-0.3, -0.25) is 0 Å². The first kappa shape index (κ1) is 12.7. The predicted molar refractivity (Wildman–Crippen MR) is 68.7 cm³/mol. The number of urea groups is 1. The third-order valence-corrected chi connectivity index (χ3v) is 4.16. The van der Waals surface area contributed by atoms with E-state index in [1.807, 2.05) is 11.9 Å². The van der Waals surface area contributed by atoms with E-state index in [0.29, 0.717) is 18.5 Å². The van der Waals surface area contributed by atoms with E-state index in [9.17, 15) is 4.79 Å². The molecule has 98 valence electrons. The average molecular weight is 239 g/mol. The number of hydrogen-bond donors (Lipinski definition) is 2. The number of hydrogen-bond acceptors (Lipinski definition) is 2. The van der Waals surface area contributed by atoms with Crippen molar-refractivity contribution >= 4 is 6.03 Å². The van der Waals surface area contributed by atoms with Gasteiger partial charge in [-0.25, -0.2) is 4.79 Å². The van der Waals surface area contributed by atoms with Crippen molar-refractivity contribution in [1.82, 2.24) is 10.2 Å². The molecule has 1 unspecified atom stereocenters. The number of likely N-dealkylation sites (N-methyl/N-ethyl adjacent to an activating group) is 1. The van der Waals surface area contributed by atoms with Crippen LogP contribution in [0.15, 0.2) is 0 Å². The Kier molecular flexibility index (Phi) is 4.26. The lowest BCUT2D eigenvalue weighted by Crippen LogP contribution is -2.50. The summed E-state index contributed by atoms with van der Waals surface area (Å²) in [6.45, 7) is 0.583. The molecule has 0 spiro atoms. The van der Waals surface area contributed by atoms with Gasteiger partial charge >= 0.3 is 6.03 Å². The van der Waals surface area contributed by atoms with E-state index in [1.165, 1.54) is 32.1 Å². The van der Waals surface area contributed by atoms with Crippen molar-refractivity contribution in [3.63, 3.8) is 0 Å². The Morgan fingerprint density at radius 3 is 2.47 bits per heavy atom. The molecule has 2 saturated carbocycles. The lowest BCUT2D eigenvalue weighted by atomic mass is 9.96. The van der Waals surface area contributed by atoms with Crippen LogP contribution in [0.5, 0.6) is 0 Å². The molecule has 2 amide bonds. The predicted octanol–water partition coefficient (Wildman–Crippen LogP) is 1.70. The summed E-state index contributed by atoms with van der Waals surface area (Å²) >= 11 is 0. The highest BCUT2D eigenvalue weighted by Crippen LogP contribution is 2.34. The monoisotopic (exact) mass is 239 g/mol. The molecule has 2 aliphatic carbocycles. The lowest BCUT2D eigenvalue weighted by molar-refractivity contribution is 0.177. The maximum Gasteiger partial charge on any atom is 0.317 e. The quantitative estimate of drug-likeness (QED) is 0.784. The Labute approximate surface area is 104 Å². The van der Waals surface area contributed by atoms with Crippen LogP contribution in [0.1, 0.15) is 44.9 Å². The molecule has 0 aliphatic heterocycles. The van der Waals surface area contributed by atoms with Crippen LogP contribution < -0.4 is 11.1 Å². The average Bonchev–Trinajstić information content (AvgIpc) is 3.15. The molecular formula is C13H25N3O. The summed E-state index contributed by atoms with van der Waals surface area (Å²) in [7, 11) is 1.88. The van der Waals surface area contributed by atoms with Gasteiger partial charge in [-0.15, -0.1) is 0 Å². The molecule has 0 radical (unpaired) electrons. The van der Waals surface area contributed by atoms with E-state index in [2.05, 4.69) is 5.32 Å². The minimum Gasteiger partial charge on any atom is -0.335 e. The first-order valence-corrected chi connectivity index (χ1v) is 6.95. The Hall–Kier alpha value is -0.770. The Bertz CT molecular complexity index is 259. The maximum absolute atomic E-state index is 12.1. The zero-order chi connectivity index (χ0) is 12.3. The van der Waals surface area contributed by atoms with Crippen molar-refractivity contribution in [3.8, 4) is 0 Å². The standard InChI is InChI=1S/C13H25N3O/c1-16(12(9-14)10-7-8-10)13(17)15-11-5-3-2-4-6-11/h10-12H,2-9,14H2,1H3,(H,15,17). The van der Waals surface area contributed by atoms with Crippen LogP contribution in [-0.4, -0.2) is 36.6 Å². The van der Waals surface area contributed by atoms with Gasteiger partial charge in [0.05, 0.1) is 0 Å². The van der Waals surface area contributed by atoms with Crippen molar-refractivity contribution in [2.45, 2.75) is 57.0 Å². The molecule has 0 aromatic heterocycles. The van der Waals surface area contributed by atoms with Crippen molar-refractivity contribution in [2.24, 2.45) is 11.7 Å². The number of carbonyl (C=O) groups is 1. The van der Waals surface area contributed by atoms with E-state index >= 15 is 0 Å². The first-order chi connectivity index (χ1) is 8.22. The number of nitrogens with one attached hydrogen (secondary N) is 1. The molecule has 2 fully saturated rings. The van der Waals surface area contributed by atoms with Gasteiger partial charge in [-0.05, 0) is 31.6 Å². The molecule has 2 rings (SSSR count). The van der Waals surface area contributed by atoms with Crippen molar-refractivity contribution in [1.29, 1.82) is 0 Å². The van der Waals surface area contributed by atoms with Gasteiger partial charge in [0.2, 0.25) is 0 Å². The van der Waals surface area contributed by atoms with Crippen LogP contribution in [0.2, 0.25) is 0 Å². The van der Waals surface area contributed by atoms with Crippen LogP contribution in [-0.2, 0) is 0 Å². The summed E-state index contributed by atoms with van der Waals surface area (Å²) in [5.41, 5.74) is 5.76. The summed E-state index contributed by atoms with van der Waals surface area (Å²) < 4.78 is 0. The number of carbonyl (C=O) groups excluding carboxylic acids is 1. The van der Waals surface area contributed by atoms with Gasteiger partial charge in [0.25, 0.3) is 0 Å². The molecule has 4 heteroatoms. The molecule has 1 atom stereocenters. The topological polar surface area (TPSA) is 58.4 Å². The molecule has 17 heavy (non-hydrogen) atoms. The van der Waals surface area contributed by atoms with E-state index < -0.39 is 0 Å². The molecule has 0 aromatic carbocycles. The van der Waals surface area contributed by atoms with Gasteiger partial charge in [-0.2, -0.15) is 0 Å². The van der Waals surface area contributed by atoms with E-state index in [4.69, 9.17) is 5.73 Å². The highest BCUT2D eigenvalue weighted by Gasteiger charge is 2.35. The number of nitrogens with zero attached hydrogens (tertiary/aromatic N) is 1. The van der Waals surface area contributed by atoms with Gasteiger partial charge < -0.3 is 16.0 Å². The molecule has 0 bridgehead atoms. The molecule has 2 aliphatic rings. The molecule has 0 heterocycles. The molecular weight excluding hydrogens is 214 g/mol. The SMILES string of the molecule is CN(C(=O)NC1CCCCC1)C(CN)C1CC1. The number of amides is 2. The van der Waals surface area contributed by atoms with Crippen molar-refractivity contribution < 1.29 is 4.79 Å². The minimum atomic E-state index is 0.0687. The highest BCUT2D eigenvalue weighted by atomic mass is 16.2. The van der Waals surface area contributed by atoms with E-state index in [1.54, 1.807) is 0 Å². The fourth-order valence-corrected chi connectivity index (χ4v) is 2.82. The van der Waals surface area contributed by atoms with Gasteiger partial charge in [0, 0.05) is 25.7 Å². The van der Waals surface area contributed by atoms with Crippen molar-refractivity contribution in [3.05, 3.63) is 0 Å². The zero-order valence-electron chi connectivity index (χ0n) is 10.8. The second-order valence-electron chi connectivity index (χ2n) is 5.54. The third kappa shape index (κ3) is 3.35. The molecule has 4 nitrogen and oxygen atoms in total. The second-order valence-corrected chi connectivity index (χ2v) is 5.54. The third-order valence-electron chi connectivity index (χ3n) is 4.16. The highest BCUT2D eigenvalue weighted by molar-refractivity contribution is 5.74. The number of nitrogens with two attached hydrogens (primary N) is 1. The van der Waals surface area contributed by atoms with Crippen molar-refractivity contribution in [2.75, 3.05) is 13.6 Å². The Morgan fingerprint density at radius 2 is 1.94 bits per heavy atom. The molecule has 3 N–H and O–H groups in total. The Balaban J connectivity index is 1.80. The van der Waals surface area contributed by atoms with E-state index in [-0.39, 0.29) is 12.1 Å². The normalized spacial score (nSPS) is 23.2. The molecule has 0 saturated heterocycles. The van der Waals surface area contributed by atoms with Gasteiger partial charge in [0.15, 0.2) is 0 Å². The Morgan fingerprint density at radius 1 is 1.29 bits per heavy atom. The summed E-state index contributed by atoms with van der Waals surface area (Å²) in [6.07, 6.45) is 8.53. The summed E-state index contributed by atoms with van der Waals surface area (Å²) in [5, 5.41) is 3.15. The smallest absolute Gasteiger partial charge is 0.317 e. The summed E-state index contributed by atoms with van der Waals surface area (Å²) in [5.74, 6) is 0.641. The van der Waals surface area contributed by atoms with Gasteiger partial charge in [-0.1, -0.05) is 19.3 Å². The first-order valence-electron chi connectivity index (χ1n) is 6.95. The van der Waals surface area contributed by atoms with Crippen LogP contribution in [0.4, 0.5) is 4.79 Å². The van der Waals surface area contributed by atoms with Crippen LogP contribution in [0, 0.1) is 5.92 Å².